The lowest BCUT2D eigenvalue weighted by Gasteiger charge is -2.09. The zero-order valence-corrected chi connectivity index (χ0v) is 11.4. The molecule has 2 radical (unpaired) electrons. The predicted octanol–water partition coefficient (Wildman–Crippen LogP) is 1.70. The molecule has 12 heteroatoms. The van der Waals surface area contributed by atoms with Gasteiger partial charge >= 0.3 is 15.6 Å². The van der Waals surface area contributed by atoms with Crippen molar-refractivity contribution in [3.8, 4) is 0 Å². The van der Waals surface area contributed by atoms with Gasteiger partial charge in [-0.05, 0) is 19.9 Å². The molecule has 0 aliphatic heterocycles. The maximum Gasteiger partial charge on any atom is 0.482 e. The van der Waals surface area contributed by atoms with E-state index >= 15 is 0 Å². The Kier molecular flexibility index (Phi) is 14.9. The van der Waals surface area contributed by atoms with E-state index in [-0.39, 0.29) is 18.5 Å². The molecule has 17 heavy (non-hydrogen) atoms. The van der Waals surface area contributed by atoms with Crippen LogP contribution in [0.15, 0.2) is 11.6 Å². The molecule has 1 unspecified atom stereocenters. The molecule has 0 aliphatic carbocycles. The van der Waals surface area contributed by atoms with Gasteiger partial charge in [-0.25, -0.2) is 9.13 Å². The van der Waals surface area contributed by atoms with Gasteiger partial charge in [-0.3, -0.25) is 4.52 Å². The van der Waals surface area contributed by atoms with Gasteiger partial charge in [0.25, 0.3) is 0 Å². The predicted molar refractivity (Wildman–Crippen MR) is 61.8 cm³/mol. The number of phosphoric ester groups is 1. The fourth-order valence-electron chi connectivity index (χ4n) is 0.362. The minimum Gasteiger partial charge on any atom is -0.344 e. The van der Waals surface area contributed by atoms with Crippen molar-refractivity contribution < 1.29 is 32.6 Å². The van der Waals surface area contributed by atoms with Gasteiger partial charge < -0.3 is 33.1 Å². The molecule has 12 N–H and O–H groups in total. The number of allylic oxidation sites excluding steroid dienone is 1. The highest BCUT2D eigenvalue weighted by molar-refractivity contribution is 7.60. The maximum atomic E-state index is 10.7. The van der Waals surface area contributed by atoms with E-state index < -0.39 is 15.6 Å². The normalized spacial score (nSPS) is 13.2. The first-order valence-corrected chi connectivity index (χ1v) is 6.32. The molecular weight excluding hydrogens is 278 g/mol. The van der Waals surface area contributed by atoms with Crippen molar-refractivity contribution in [2.75, 3.05) is 0 Å². The molecule has 0 aromatic rings. The monoisotopic (exact) mass is 297 g/mol. The number of hydrogen-bond donors (Lipinski definition) is 6. The molecule has 0 saturated heterocycles. The van der Waals surface area contributed by atoms with Crippen molar-refractivity contribution in [3.63, 3.8) is 0 Å². The first-order chi connectivity index (χ1) is 6.12. The van der Waals surface area contributed by atoms with Gasteiger partial charge in [0.05, 0.1) is 0 Å². The van der Waals surface area contributed by atoms with Crippen LogP contribution in [0.25, 0.3) is 0 Å². The zero-order valence-electron chi connectivity index (χ0n) is 9.57. The summed E-state index contributed by atoms with van der Waals surface area (Å²) >= 11 is 0. The Morgan fingerprint density at radius 3 is 1.82 bits per heavy atom. The van der Waals surface area contributed by atoms with Crippen molar-refractivity contribution in [1.29, 1.82) is 0 Å². The highest BCUT2D eigenvalue weighted by atomic mass is 31.3. The summed E-state index contributed by atoms with van der Waals surface area (Å²) in [6.45, 7) is 5.24. The van der Waals surface area contributed by atoms with Crippen molar-refractivity contribution in [2.45, 2.75) is 13.8 Å². The molecule has 0 aromatic carbocycles. The average molecular weight is 297 g/mol. The van der Waals surface area contributed by atoms with Crippen LogP contribution >= 0.6 is 15.6 Å². The fraction of sp³-hybridized carbons (Fsp3) is 0.400. The van der Waals surface area contributed by atoms with E-state index in [1.807, 2.05) is 6.61 Å². The zero-order chi connectivity index (χ0) is 11.4. The SMILES string of the molecule is CC(C)=C[14C]OP(=O)(O)OP(=O)(O)O.N.N.N. The Balaban J connectivity index is -0.000000282. The van der Waals surface area contributed by atoms with E-state index in [4.69, 9.17) is 14.7 Å². The first-order valence-electron chi connectivity index (χ1n) is 3.29. The quantitative estimate of drug-likeness (QED) is 0.403. The lowest BCUT2D eigenvalue weighted by Crippen LogP contribution is -1.90. The third kappa shape index (κ3) is 18.4. The molecule has 0 rings (SSSR count). The Morgan fingerprint density at radius 2 is 1.53 bits per heavy atom. The van der Waals surface area contributed by atoms with Crippen LogP contribution in [0.3, 0.4) is 0 Å². The van der Waals surface area contributed by atoms with Crippen LogP contribution in [0.1, 0.15) is 13.8 Å². The number of phosphoric acid groups is 2. The molecular formula is C5H19N3O7P2. The second kappa shape index (κ2) is 9.86. The molecule has 0 saturated carbocycles. The van der Waals surface area contributed by atoms with Crippen LogP contribution in [0.2, 0.25) is 0 Å². The Morgan fingerprint density at radius 1 is 1.12 bits per heavy atom. The van der Waals surface area contributed by atoms with Crippen molar-refractivity contribution in [2.24, 2.45) is 0 Å². The van der Waals surface area contributed by atoms with Crippen LogP contribution in [0.4, 0.5) is 0 Å². The van der Waals surface area contributed by atoms with Crippen LogP contribution in [-0.2, 0) is 18.0 Å². The van der Waals surface area contributed by atoms with Gasteiger partial charge in [0.1, 0.15) is 0 Å². The number of rotatable bonds is 5. The second-order valence-corrected chi connectivity index (χ2v) is 5.23. The molecule has 0 amide bonds. The molecule has 0 fully saturated rings. The van der Waals surface area contributed by atoms with Crippen LogP contribution in [0.5, 0.6) is 0 Å². The van der Waals surface area contributed by atoms with Gasteiger partial charge in [0.2, 0.25) is 0 Å². The summed E-state index contributed by atoms with van der Waals surface area (Å²) in [6.07, 6.45) is 1.21. The standard InChI is InChI=1S/C5H10O7P2.3H3N/c1-5(2)3-4-11-14(9,10)12-13(6,7)8;;;/h3H,1-2H3,(H,9,10)(H2,6,7,8);3*1H3/i4+2;;;. The lowest BCUT2D eigenvalue weighted by molar-refractivity contribution is 0.208. The summed E-state index contributed by atoms with van der Waals surface area (Å²) in [5.74, 6) is 0. The van der Waals surface area contributed by atoms with Crippen molar-refractivity contribution in [1.82, 2.24) is 18.5 Å². The molecule has 0 aliphatic rings. The summed E-state index contributed by atoms with van der Waals surface area (Å²) in [4.78, 5) is 25.1. The van der Waals surface area contributed by atoms with Crippen LogP contribution in [-0.4, -0.2) is 14.7 Å². The summed E-state index contributed by atoms with van der Waals surface area (Å²) in [5, 5.41) is 0. The summed E-state index contributed by atoms with van der Waals surface area (Å²) in [7, 11) is -9.84. The smallest absolute Gasteiger partial charge is 0.344 e. The molecule has 0 aromatic heterocycles. The van der Waals surface area contributed by atoms with Gasteiger partial charge in [-0.15, -0.1) is 0 Å². The molecule has 0 spiro atoms. The minimum absolute atomic E-state index is 0. The fourth-order valence-corrected chi connectivity index (χ4v) is 1.76. The third-order valence-corrected chi connectivity index (χ3v) is 2.74. The van der Waals surface area contributed by atoms with Gasteiger partial charge in [-0.1, -0.05) is 5.57 Å². The topological polar surface area (TPSA) is 218 Å². The summed E-state index contributed by atoms with van der Waals surface area (Å²) in [6, 6.07) is 0. The summed E-state index contributed by atoms with van der Waals surface area (Å²) in [5.41, 5.74) is 0.723. The maximum absolute atomic E-state index is 10.7. The van der Waals surface area contributed by atoms with Gasteiger partial charge in [0.15, 0.2) is 6.61 Å². The van der Waals surface area contributed by atoms with E-state index in [9.17, 15) is 9.13 Å². The van der Waals surface area contributed by atoms with E-state index in [1.165, 1.54) is 6.08 Å². The Bertz CT molecular complexity index is 311. The molecule has 0 bridgehead atoms. The van der Waals surface area contributed by atoms with Gasteiger partial charge in [-0.2, -0.15) is 4.31 Å². The highest BCUT2D eigenvalue weighted by Crippen LogP contribution is 2.57. The highest BCUT2D eigenvalue weighted by Gasteiger charge is 2.32. The number of hydrogen-bond acceptors (Lipinski definition) is 7. The van der Waals surface area contributed by atoms with E-state index in [0.29, 0.717) is 0 Å². The second-order valence-electron chi connectivity index (χ2n) is 2.47. The Hall–Kier alpha value is -0.120. The van der Waals surface area contributed by atoms with E-state index in [1.54, 1.807) is 13.8 Å². The third-order valence-electron chi connectivity index (χ3n) is 0.725. The molecule has 1 atom stereocenters. The lowest BCUT2D eigenvalue weighted by atomic mass is 10.4. The Labute approximate surface area is 99.6 Å². The van der Waals surface area contributed by atoms with E-state index in [0.717, 1.165) is 5.57 Å². The molecule has 10 nitrogen and oxygen atoms in total. The molecule has 0 heterocycles. The average Bonchev–Trinajstić information content (AvgIpc) is 1.78. The summed E-state index contributed by atoms with van der Waals surface area (Å²) < 4.78 is 28.4. The largest absolute Gasteiger partial charge is 0.482 e. The minimum atomic E-state index is -5.05. The van der Waals surface area contributed by atoms with Crippen molar-refractivity contribution in [3.05, 3.63) is 18.3 Å². The van der Waals surface area contributed by atoms with Crippen molar-refractivity contribution >= 4 is 15.6 Å². The van der Waals surface area contributed by atoms with Gasteiger partial charge in [0, 0.05) is 0 Å². The van der Waals surface area contributed by atoms with Crippen LogP contribution in [0, 0.1) is 6.61 Å². The first kappa shape index (κ1) is 25.7. The molecule has 106 valence electrons. The van der Waals surface area contributed by atoms with E-state index in [2.05, 4.69) is 8.83 Å². The van der Waals surface area contributed by atoms with Crippen LogP contribution < -0.4 is 18.5 Å².